The molecule has 1 atom stereocenters. The Kier molecular flexibility index (Phi) is 6.77. The van der Waals surface area contributed by atoms with Gasteiger partial charge in [-0.05, 0) is 67.8 Å². The number of nitrogens with one attached hydrogen (secondary N) is 2. The third-order valence-electron chi connectivity index (χ3n) is 6.23. The number of halogens is 1. The molecule has 2 aromatic carbocycles. The second-order valence-electron chi connectivity index (χ2n) is 8.39. The normalized spacial score (nSPS) is 19.7. The fourth-order valence-electron chi connectivity index (χ4n) is 4.30. The number of nitrogens with zero attached hydrogens (tertiary/aromatic N) is 1. The van der Waals surface area contributed by atoms with Crippen LogP contribution < -0.4 is 11.1 Å². The molecule has 0 bridgehead atoms. The minimum atomic E-state index is -0.317. The lowest BCUT2D eigenvalue weighted by molar-refractivity contribution is -0.127. The molecule has 4 rings (SSSR count). The largest absolute Gasteiger partial charge is 0.346 e. The van der Waals surface area contributed by atoms with Gasteiger partial charge in [0.25, 0.3) is 0 Å². The van der Waals surface area contributed by atoms with Crippen LogP contribution in [0.3, 0.4) is 0 Å². The monoisotopic (exact) mass is 420 g/mol. The van der Waals surface area contributed by atoms with E-state index >= 15 is 0 Å². The van der Waals surface area contributed by atoms with E-state index in [1.807, 2.05) is 30.3 Å². The molecule has 6 heteroatoms. The van der Waals surface area contributed by atoms with E-state index in [-0.39, 0.29) is 23.7 Å². The van der Waals surface area contributed by atoms with Crippen molar-refractivity contribution in [2.75, 3.05) is 6.54 Å². The Morgan fingerprint density at radius 2 is 1.81 bits per heavy atom. The molecule has 31 heavy (non-hydrogen) atoms. The molecule has 0 spiro atoms. The molecule has 162 valence electrons. The summed E-state index contributed by atoms with van der Waals surface area (Å²) in [6.45, 7) is 0.691. The van der Waals surface area contributed by atoms with Crippen molar-refractivity contribution in [2.24, 2.45) is 17.6 Å². The highest BCUT2D eigenvalue weighted by Crippen LogP contribution is 2.29. The molecule has 0 unspecified atom stereocenters. The summed E-state index contributed by atoms with van der Waals surface area (Å²) in [5, 5.41) is 3.21. The zero-order valence-corrected chi connectivity index (χ0v) is 17.6. The smallest absolute Gasteiger partial charge is 0.223 e. The molecule has 1 aromatic heterocycles. The summed E-state index contributed by atoms with van der Waals surface area (Å²) in [6.07, 6.45) is 6.05. The summed E-state index contributed by atoms with van der Waals surface area (Å²) in [4.78, 5) is 21.0. The molecule has 3 aromatic rings. The van der Waals surface area contributed by atoms with Crippen molar-refractivity contribution >= 4 is 5.91 Å². The molecule has 1 saturated carbocycles. The fourth-order valence-corrected chi connectivity index (χ4v) is 4.30. The van der Waals surface area contributed by atoms with Gasteiger partial charge >= 0.3 is 0 Å². The number of H-pyrrole nitrogens is 1. The number of aromatic nitrogens is 2. The van der Waals surface area contributed by atoms with E-state index in [4.69, 9.17) is 5.73 Å². The van der Waals surface area contributed by atoms with Gasteiger partial charge in [0, 0.05) is 5.92 Å². The van der Waals surface area contributed by atoms with Crippen molar-refractivity contribution in [1.29, 1.82) is 0 Å². The van der Waals surface area contributed by atoms with Crippen LogP contribution in [0.15, 0.2) is 60.8 Å². The average Bonchev–Trinajstić information content (AvgIpc) is 3.31. The minimum absolute atomic E-state index is 0.00192. The van der Waals surface area contributed by atoms with Crippen LogP contribution in [-0.2, 0) is 11.2 Å². The standard InChI is InChI=1S/C25H29FN4O/c26-21-12-8-17(9-13-21)14-22(30-25(31)20-10-6-18(15-27)7-11-20)24-28-16-23(29-24)19-4-2-1-3-5-19/h1-5,8-9,12-13,16,18,20,22H,6-7,10-11,14-15,27H2,(H,28,29)(H,30,31)/t18?,20?,22-/m0/s1. The Balaban J connectivity index is 1.52. The highest BCUT2D eigenvalue weighted by atomic mass is 19.1. The molecular formula is C25H29FN4O. The van der Waals surface area contributed by atoms with E-state index in [0.29, 0.717) is 24.7 Å². The Morgan fingerprint density at radius 1 is 1.10 bits per heavy atom. The second kappa shape index (κ2) is 9.88. The molecule has 1 aliphatic carbocycles. The van der Waals surface area contributed by atoms with Gasteiger partial charge < -0.3 is 16.0 Å². The summed E-state index contributed by atoms with van der Waals surface area (Å²) in [7, 11) is 0. The van der Waals surface area contributed by atoms with Crippen molar-refractivity contribution in [3.05, 3.63) is 78.0 Å². The number of nitrogens with two attached hydrogens (primary N) is 1. The van der Waals surface area contributed by atoms with Crippen LogP contribution in [0.2, 0.25) is 0 Å². The van der Waals surface area contributed by atoms with Gasteiger partial charge in [0.2, 0.25) is 5.91 Å². The quantitative estimate of drug-likeness (QED) is 0.530. The van der Waals surface area contributed by atoms with Crippen LogP contribution in [-0.4, -0.2) is 22.4 Å². The van der Waals surface area contributed by atoms with E-state index in [1.165, 1.54) is 12.1 Å². The summed E-state index contributed by atoms with van der Waals surface area (Å²) in [6, 6.07) is 16.0. The van der Waals surface area contributed by atoms with Crippen LogP contribution in [0.1, 0.15) is 43.1 Å². The molecule has 0 saturated heterocycles. The lowest BCUT2D eigenvalue weighted by atomic mass is 9.81. The number of carbonyl (C=O) groups excluding carboxylic acids is 1. The van der Waals surface area contributed by atoms with Gasteiger partial charge in [-0.3, -0.25) is 4.79 Å². The first-order chi connectivity index (χ1) is 15.1. The van der Waals surface area contributed by atoms with Gasteiger partial charge in [-0.25, -0.2) is 9.37 Å². The van der Waals surface area contributed by atoms with Crippen LogP contribution in [0.4, 0.5) is 4.39 Å². The Labute approximate surface area is 182 Å². The van der Waals surface area contributed by atoms with E-state index in [2.05, 4.69) is 15.3 Å². The second-order valence-corrected chi connectivity index (χ2v) is 8.39. The molecule has 1 amide bonds. The van der Waals surface area contributed by atoms with Crippen molar-refractivity contribution in [3.8, 4) is 11.3 Å². The lowest BCUT2D eigenvalue weighted by Gasteiger charge is -2.28. The number of rotatable bonds is 7. The molecule has 4 N–H and O–H groups in total. The maximum absolute atomic E-state index is 13.4. The maximum Gasteiger partial charge on any atom is 0.223 e. The SMILES string of the molecule is NCC1CCC(C(=O)N[C@@H](Cc2ccc(F)cc2)c2ncc(-c3ccccc3)[nH]2)CC1. The van der Waals surface area contributed by atoms with E-state index in [9.17, 15) is 9.18 Å². The predicted molar refractivity (Wildman–Crippen MR) is 120 cm³/mol. The highest BCUT2D eigenvalue weighted by molar-refractivity contribution is 5.79. The van der Waals surface area contributed by atoms with Gasteiger partial charge in [-0.15, -0.1) is 0 Å². The van der Waals surface area contributed by atoms with Gasteiger partial charge in [-0.1, -0.05) is 42.5 Å². The summed E-state index contributed by atoms with van der Waals surface area (Å²) >= 11 is 0. The summed E-state index contributed by atoms with van der Waals surface area (Å²) < 4.78 is 13.4. The maximum atomic E-state index is 13.4. The van der Waals surface area contributed by atoms with Crippen molar-refractivity contribution < 1.29 is 9.18 Å². The summed E-state index contributed by atoms with van der Waals surface area (Å²) in [5.41, 5.74) is 8.67. The van der Waals surface area contributed by atoms with Crippen LogP contribution in [0.5, 0.6) is 0 Å². The average molecular weight is 421 g/mol. The topological polar surface area (TPSA) is 83.8 Å². The van der Waals surface area contributed by atoms with Crippen LogP contribution >= 0.6 is 0 Å². The predicted octanol–water partition coefficient (Wildman–Crippen LogP) is 4.38. The zero-order valence-electron chi connectivity index (χ0n) is 17.6. The number of hydrogen-bond donors (Lipinski definition) is 3. The molecular weight excluding hydrogens is 391 g/mol. The third-order valence-corrected chi connectivity index (χ3v) is 6.23. The number of hydrogen-bond acceptors (Lipinski definition) is 3. The fraction of sp³-hybridized carbons (Fsp3) is 0.360. The van der Waals surface area contributed by atoms with Gasteiger partial charge in [0.1, 0.15) is 11.6 Å². The van der Waals surface area contributed by atoms with Crippen molar-refractivity contribution in [2.45, 2.75) is 38.1 Å². The Morgan fingerprint density at radius 3 is 2.48 bits per heavy atom. The molecule has 0 aliphatic heterocycles. The van der Waals surface area contributed by atoms with Gasteiger partial charge in [-0.2, -0.15) is 0 Å². The van der Waals surface area contributed by atoms with E-state index < -0.39 is 0 Å². The number of amides is 1. The van der Waals surface area contributed by atoms with Crippen LogP contribution in [0, 0.1) is 17.7 Å². The Bertz CT molecular complexity index is 978. The van der Waals surface area contributed by atoms with Crippen LogP contribution in [0.25, 0.3) is 11.3 Å². The lowest BCUT2D eigenvalue weighted by Crippen LogP contribution is -2.37. The number of carbonyl (C=O) groups is 1. The first kappa shape index (κ1) is 21.2. The first-order valence-electron chi connectivity index (χ1n) is 11.0. The molecule has 1 fully saturated rings. The molecule has 1 aliphatic rings. The minimum Gasteiger partial charge on any atom is -0.346 e. The third kappa shape index (κ3) is 5.39. The van der Waals surface area contributed by atoms with E-state index in [0.717, 1.165) is 42.5 Å². The number of imidazole rings is 1. The molecule has 5 nitrogen and oxygen atoms in total. The number of benzene rings is 2. The van der Waals surface area contributed by atoms with Crippen molar-refractivity contribution in [3.63, 3.8) is 0 Å². The van der Waals surface area contributed by atoms with Crippen molar-refractivity contribution in [1.82, 2.24) is 15.3 Å². The molecule has 0 radical (unpaired) electrons. The Hall–Kier alpha value is -2.99. The molecule has 1 heterocycles. The van der Waals surface area contributed by atoms with E-state index in [1.54, 1.807) is 18.3 Å². The highest BCUT2D eigenvalue weighted by Gasteiger charge is 2.28. The van der Waals surface area contributed by atoms with Gasteiger partial charge in [0.15, 0.2) is 0 Å². The zero-order chi connectivity index (χ0) is 21.6. The number of aromatic amines is 1. The first-order valence-corrected chi connectivity index (χ1v) is 11.0. The summed E-state index contributed by atoms with van der Waals surface area (Å²) in [5.74, 6) is 1.01. The van der Waals surface area contributed by atoms with Gasteiger partial charge in [0.05, 0.1) is 17.9 Å².